The summed E-state index contributed by atoms with van der Waals surface area (Å²) in [4.78, 5) is 8.77. The van der Waals surface area contributed by atoms with Gasteiger partial charge in [-0.3, -0.25) is 4.98 Å². The van der Waals surface area contributed by atoms with Crippen LogP contribution in [0.5, 0.6) is 0 Å². The van der Waals surface area contributed by atoms with E-state index in [9.17, 15) is 0 Å². The first-order valence-electron chi connectivity index (χ1n) is 6.86. The molecule has 0 amide bonds. The molecular weight excluding hydrogens is 238 g/mol. The number of nitrogens with zero attached hydrogens (tertiary/aromatic N) is 4. The van der Waals surface area contributed by atoms with Gasteiger partial charge in [0.05, 0.1) is 12.2 Å². The van der Waals surface area contributed by atoms with E-state index in [1.807, 2.05) is 29.1 Å². The molecule has 2 aromatic rings. The Morgan fingerprint density at radius 3 is 2.79 bits per heavy atom. The first kappa shape index (κ1) is 13.7. The molecule has 2 rings (SSSR count). The molecule has 5 heteroatoms. The van der Waals surface area contributed by atoms with Crippen LogP contribution in [0.1, 0.15) is 31.2 Å². The normalized spacial score (nSPS) is 10.8. The minimum Gasteiger partial charge on any atom is -0.309 e. The van der Waals surface area contributed by atoms with Crippen LogP contribution in [0.3, 0.4) is 0 Å². The van der Waals surface area contributed by atoms with Crippen LogP contribution in [-0.4, -0.2) is 26.3 Å². The highest BCUT2D eigenvalue weighted by Gasteiger charge is 2.06. The van der Waals surface area contributed by atoms with Crippen molar-refractivity contribution in [1.29, 1.82) is 0 Å². The molecule has 0 aliphatic carbocycles. The Labute approximate surface area is 114 Å². The van der Waals surface area contributed by atoms with Crippen LogP contribution in [0.4, 0.5) is 0 Å². The van der Waals surface area contributed by atoms with Crippen molar-refractivity contribution in [2.45, 2.75) is 39.8 Å². The smallest absolute Gasteiger partial charge is 0.150 e. The van der Waals surface area contributed by atoms with Gasteiger partial charge in [0.25, 0.3) is 0 Å². The molecule has 0 saturated carbocycles. The van der Waals surface area contributed by atoms with Crippen LogP contribution in [0, 0.1) is 0 Å². The second-order valence-electron chi connectivity index (χ2n) is 4.37. The number of rotatable bonds is 7. The summed E-state index contributed by atoms with van der Waals surface area (Å²) in [7, 11) is 0. The molecule has 0 saturated heterocycles. The number of hydrogen-bond donors (Lipinski definition) is 1. The molecule has 1 N–H and O–H groups in total. The quantitative estimate of drug-likeness (QED) is 0.767. The number of hydrogen-bond acceptors (Lipinski definition) is 4. The van der Waals surface area contributed by atoms with Gasteiger partial charge in [-0.05, 0) is 12.1 Å². The van der Waals surface area contributed by atoms with Gasteiger partial charge in [0.1, 0.15) is 5.82 Å². The van der Waals surface area contributed by atoms with Crippen molar-refractivity contribution in [2.75, 3.05) is 6.54 Å². The molecule has 19 heavy (non-hydrogen) atoms. The van der Waals surface area contributed by atoms with E-state index in [2.05, 4.69) is 34.2 Å². The van der Waals surface area contributed by atoms with E-state index in [-0.39, 0.29) is 0 Å². The van der Waals surface area contributed by atoms with Gasteiger partial charge in [0.15, 0.2) is 5.82 Å². The van der Waals surface area contributed by atoms with Gasteiger partial charge in [-0.25, -0.2) is 9.67 Å². The third kappa shape index (κ3) is 3.86. The molecule has 2 heterocycles. The molecule has 0 unspecified atom stereocenters. The van der Waals surface area contributed by atoms with Gasteiger partial charge in [0.2, 0.25) is 0 Å². The van der Waals surface area contributed by atoms with Gasteiger partial charge in [-0.2, -0.15) is 5.10 Å². The van der Waals surface area contributed by atoms with Crippen molar-refractivity contribution in [3.8, 4) is 0 Å². The molecule has 0 aliphatic rings. The van der Waals surface area contributed by atoms with Gasteiger partial charge in [0, 0.05) is 32.1 Å². The minimum atomic E-state index is 0.789. The van der Waals surface area contributed by atoms with Crippen molar-refractivity contribution < 1.29 is 0 Å². The van der Waals surface area contributed by atoms with E-state index >= 15 is 0 Å². The zero-order chi connectivity index (χ0) is 13.5. The lowest BCUT2D eigenvalue weighted by atomic mass is 10.3. The molecule has 0 fully saturated rings. The lowest BCUT2D eigenvalue weighted by Crippen LogP contribution is -2.21. The van der Waals surface area contributed by atoms with Crippen molar-refractivity contribution in [1.82, 2.24) is 25.1 Å². The summed E-state index contributed by atoms with van der Waals surface area (Å²) in [5.74, 6) is 2.00. The standard InChI is InChI=1S/C14H21N5/c1-3-13-17-14(4-2)19(18-13)10-9-15-11-12-7-5-6-8-16-12/h5-8,15H,3-4,9-11H2,1-2H3. The fourth-order valence-electron chi connectivity index (χ4n) is 1.92. The highest BCUT2D eigenvalue weighted by molar-refractivity contribution is 5.02. The lowest BCUT2D eigenvalue weighted by Gasteiger charge is -2.06. The summed E-state index contributed by atoms with van der Waals surface area (Å²) >= 11 is 0. The molecule has 0 aliphatic heterocycles. The summed E-state index contributed by atoms with van der Waals surface area (Å²) in [6.07, 6.45) is 3.63. The fourth-order valence-corrected chi connectivity index (χ4v) is 1.92. The molecule has 0 radical (unpaired) electrons. The van der Waals surface area contributed by atoms with Crippen molar-refractivity contribution in [2.24, 2.45) is 0 Å². The Morgan fingerprint density at radius 2 is 2.11 bits per heavy atom. The van der Waals surface area contributed by atoms with E-state index in [1.54, 1.807) is 0 Å². The second-order valence-corrected chi connectivity index (χ2v) is 4.37. The summed E-state index contributed by atoms with van der Waals surface area (Å²) in [5.41, 5.74) is 1.06. The molecule has 0 atom stereocenters. The maximum Gasteiger partial charge on any atom is 0.150 e. The van der Waals surface area contributed by atoms with Crippen molar-refractivity contribution >= 4 is 0 Å². The minimum absolute atomic E-state index is 0.789. The van der Waals surface area contributed by atoms with E-state index < -0.39 is 0 Å². The van der Waals surface area contributed by atoms with Gasteiger partial charge >= 0.3 is 0 Å². The first-order valence-corrected chi connectivity index (χ1v) is 6.86. The second kappa shape index (κ2) is 6.99. The maximum atomic E-state index is 4.50. The SMILES string of the molecule is CCc1nc(CC)n(CCNCc2ccccn2)n1. The van der Waals surface area contributed by atoms with Gasteiger partial charge in [-0.1, -0.05) is 19.9 Å². The molecule has 0 spiro atoms. The summed E-state index contributed by atoms with van der Waals surface area (Å²) in [6.45, 7) is 6.70. The van der Waals surface area contributed by atoms with E-state index in [0.29, 0.717) is 0 Å². The maximum absolute atomic E-state index is 4.50. The Kier molecular flexibility index (Phi) is 5.03. The number of aromatic nitrogens is 4. The van der Waals surface area contributed by atoms with E-state index in [4.69, 9.17) is 0 Å². The van der Waals surface area contributed by atoms with Gasteiger partial charge < -0.3 is 5.32 Å². The fraction of sp³-hybridized carbons (Fsp3) is 0.500. The first-order chi connectivity index (χ1) is 9.33. The van der Waals surface area contributed by atoms with Crippen molar-refractivity contribution in [3.63, 3.8) is 0 Å². The summed E-state index contributed by atoms with van der Waals surface area (Å²) in [6, 6.07) is 5.96. The molecule has 2 aromatic heterocycles. The van der Waals surface area contributed by atoms with E-state index in [0.717, 1.165) is 49.8 Å². The Hall–Kier alpha value is -1.75. The zero-order valence-electron chi connectivity index (χ0n) is 11.6. The molecule has 5 nitrogen and oxygen atoms in total. The van der Waals surface area contributed by atoms with Crippen LogP contribution in [0.15, 0.2) is 24.4 Å². The predicted octanol–water partition coefficient (Wildman–Crippen LogP) is 1.59. The summed E-state index contributed by atoms with van der Waals surface area (Å²) < 4.78 is 2.00. The molecule has 0 bridgehead atoms. The monoisotopic (exact) mass is 259 g/mol. The highest BCUT2D eigenvalue weighted by Crippen LogP contribution is 2.00. The number of nitrogens with one attached hydrogen (secondary N) is 1. The average Bonchev–Trinajstić information content (AvgIpc) is 2.87. The van der Waals surface area contributed by atoms with Crippen LogP contribution in [0.2, 0.25) is 0 Å². The number of pyridine rings is 1. The van der Waals surface area contributed by atoms with Crippen molar-refractivity contribution in [3.05, 3.63) is 41.7 Å². The Morgan fingerprint density at radius 1 is 1.21 bits per heavy atom. The van der Waals surface area contributed by atoms with E-state index in [1.165, 1.54) is 0 Å². The van der Waals surface area contributed by atoms with Crippen LogP contribution < -0.4 is 5.32 Å². The largest absolute Gasteiger partial charge is 0.309 e. The molecule has 102 valence electrons. The Bertz CT molecular complexity index is 492. The van der Waals surface area contributed by atoms with Crippen LogP contribution >= 0.6 is 0 Å². The molecule has 0 aromatic carbocycles. The highest BCUT2D eigenvalue weighted by atomic mass is 15.3. The summed E-state index contributed by atoms with van der Waals surface area (Å²) in [5, 5.41) is 7.87. The lowest BCUT2D eigenvalue weighted by molar-refractivity contribution is 0.530. The van der Waals surface area contributed by atoms with Crippen LogP contribution in [-0.2, 0) is 25.9 Å². The number of aryl methyl sites for hydroxylation is 2. The third-order valence-electron chi connectivity index (χ3n) is 2.96. The third-order valence-corrected chi connectivity index (χ3v) is 2.96. The van der Waals surface area contributed by atoms with Crippen LogP contribution in [0.25, 0.3) is 0 Å². The van der Waals surface area contributed by atoms with Gasteiger partial charge in [-0.15, -0.1) is 0 Å². The average molecular weight is 259 g/mol. The Balaban J connectivity index is 1.81. The zero-order valence-corrected chi connectivity index (χ0v) is 11.6. The topological polar surface area (TPSA) is 55.6 Å². The molecular formula is C14H21N5. The predicted molar refractivity (Wildman–Crippen MR) is 74.7 cm³/mol.